The van der Waals surface area contributed by atoms with Gasteiger partial charge in [0.15, 0.2) is 0 Å². The Hall–Kier alpha value is -0.610. The summed E-state index contributed by atoms with van der Waals surface area (Å²) in [5, 5.41) is 9.17. The minimum atomic E-state index is -0.965. The predicted octanol–water partition coefficient (Wildman–Crippen LogP) is 1.30. The molecule has 0 heterocycles. The van der Waals surface area contributed by atoms with E-state index in [-0.39, 0.29) is 5.92 Å². The Bertz CT molecular complexity index is 245. The van der Waals surface area contributed by atoms with Crippen molar-refractivity contribution in [3.63, 3.8) is 0 Å². The van der Waals surface area contributed by atoms with E-state index < -0.39 is 11.5 Å². The van der Waals surface area contributed by atoms with E-state index in [9.17, 15) is 9.90 Å². The zero-order valence-corrected chi connectivity index (χ0v) is 10.4. The van der Waals surface area contributed by atoms with Crippen molar-refractivity contribution in [1.82, 2.24) is 4.90 Å². The van der Waals surface area contributed by atoms with Crippen molar-refractivity contribution in [2.45, 2.75) is 44.6 Å². The van der Waals surface area contributed by atoms with Crippen LogP contribution in [0.3, 0.4) is 0 Å². The molecule has 2 atom stereocenters. The van der Waals surface area contributed by atoms with E-state index >= 15 is 0 Å². The highest BCUT2D eigenvalue weighted by Crippen LogP contribution is 2.36. The summed E-state index contributed by atoms with van der Waals surface area (Å²) in [6.45, 7) is 4.17. The highest BCUT2D eigenvalue weighted by molar-refractivity contribution is 5.79. The van der Waals surface area contributed by atoms with Crippen LogP contribution in [-0.4, -0.2) is 41.7 Å². The van der Waals surface area contributed by atoms with Crippen LogP contribution in [0, 0.1) is 5.92 Å². The van der Waals surface area contributed by atoms with Gasteiger partial charge in [0, 0.05) is 0 Å². The molecular formula is C12H24N2O2. The molecule has 0 bridgehead atoms. The summed E-state index contributed by atoms with van der Waals surface area (Å²) in [6.07, 6.45) is 4.57. The number of carboxylic acid groups (broad SMARTS) is 1. The fourth-order valence-electron chi connectivity index (χ4n) is 2.66. The smallest absolute Gasteiger partial charge is 0.323 e. The van der Waals surface area contributed by atoms with Crippen molar-refractivity contribution in [2.75, 3.05) is 20.1 Å². The predicted molar refractivity (Wildman–Crippen MR) is 64.3 cm³/mol. The fraction of sp³-hybridized carbons (Fsp3) is 0.917. The lowest BCUT2D eigenvalue weighted by molar-refractivity contribution is -0.144. The van der Waals surface area contributed by atoms with Crippen LogP contribution in [0.25, 0.3) is 0 Å². The number of aliphatic carboxylic acids is 1. The van der Waals surface area contributed by atoms with Crippen LogP contribution in [0.15, 0.2) is 0 Å². The molecule has 0 aromatic carbocycles. The monoisotopic (exact) mass is 228 g/mol. The van der Waals surface area contributed by atoms with E-state index in [4.69, 9.17) is 5.73 Å². The van der Waals surface area contributed by atoms with Gasteiger partial charge in [-0.2, -0.15) is 0 Å². The van der Waals surface area contributed by atoms with E-state index in [1.165, 1.54) is 0 Å². The van der Waals surface area contributed by atoms with Gasteiger partial charge in [0.1, 0.15) is 5.54 Å². The Balaban J connectivity index is 2.44. The highest BCUT2D eigenvalue weighted by Gasteiger charge is 2.45. The fourth-order valence-corrected chi connectivity index (χ4v) is 2.66. The first-order chi connectivity index (χ1) is 7.50. The third-order valence-electron chi connectivity index (χ3n) is 3.73. The lowest BCUT2D eigenvalue weighted by atomic mass is 9.85. The van der Waals surface area contributed by atoms with Crippen LogP contribution in [0.5, 0.6) is 0 Å². The molecule has 0 saturated heterocycles. The van der Waals surface area contributed by atoms with Gasteiger partial charge in [-0.3, -0.25) is 4.79 Å². The van der Waals surface area contributed by atoms with Gasteiger partial charge in [-0.15, -0.1) is 0 Å². The number of hydrogen-bond acceptors (Lipinski definition) is 3. The number of nitrogens with zero attached hydrogens (tertiary/aromatic N) is 1. The van der Waals surface area contributed by atoms with Crippen LogP contribution in [-0.2, 0) is 4.79 Å². The number of hydrogen-bond donors (Lipinski definition) is 2. The van der Waals surface area contributed by atoms with Gasteiger partial charge >= 0.3 is 5.97 Å². The maximum absolute atomic E-state index is 11.2. The quantitative estimate of drug-likeness (QED) is 0.719. The van der Waals surface area contributed by atoms with E-state index in [0.717, 1.165) is 38.8 Å². The minimum absolute atomic E-state index is 0.143. The zero-order chi connectivity index (χ0) is 12.2. The number of rotatable bonds is 6. The van der Waals surface area contributed by atoms with Gasteiger partial charge in [0.25, 0.3) is 0 Å². The van der Waals surface area contributed by atoms with Crippen LogP contribution in [0.1, 0.15) is 39.0 Å². The molecule has 1 saturated carbocycles. The molecule has 0 aromatic heterocycles. The number of nitrogens with two attached hydrogens (primary N) is 1. The normalized spacial score (nSPS) is 29.9. The van der Waals surface area contributed by atoms with Crippen LogP contribution >= 0.6 is 0 Å². The summed E-state index contributed by atoms with van der Waals surface area (Å²) < 4.78 is 0. The second-order valence-electron chi connectivity index (χ2n) is 5.03. The SMILES string of the molecule is CCCN(C)CCC1CCCC1(N)C(=O)O. The number of carbonyl (C=O) groups is 1. The lowest BCUT2D eigenvalue weighted by Gasteiger charge is -2.28. The molecular weight excluding hydrogens is 204 g/mol. The molecule has 0 amide bonds. The van der Waals surface area contributed by atoms with E-state index in [0.29, 0.717) is 6.42 Å². The molecule has 1 aliphatic rings. The summed E-state index contributed by atoms with van der Waals surface area (Å²) in [7, 11) is 2.08. The Labute approximate surface area is 97.8 Å². The first-order valence-corrected chi connectivity index (χ1v) is 6.21. The molecule has 0 spiro atoms. The Morgan fingerprint density at radius 1 is 1.56 bits per heavy atom. The minimum Gasteiger partial charge on any atom is -0.480 e. The molecule has 4 nitrogen and oxygen atoms in total. The standard InChI is InChI=1S/C12H24N2O2/c1-3-8-14(2)9-6-10-5-4-7-12(10,13)11(15)16/h10H,3-9,13H2,1-2H3,(H,15,16). The van der Waals surface area contributed by atoms with Crippen molar-refractivity contribution in [1.29, 1.82) is 0 Å². The van der Waals surface area contributed by atoms with E-state index in [1.54, 1.807) is 0 Å². The molecule has 0 aromatic rings. The Morgan fingerprint density at radius 2 is 2.25 bits per heavy atom. The third-order valence-corrected chi connectivity index (χ3v) is 3.73. The van der Waals surface area contributed by atoms with Crippen LogP contribution in [0.2, 0.25) is 0 Å². The van der Waals surface area contributed by atoms with Gasteiger partial charge in [-0.25, -0.2) is 0 Å². The summed E-state index contributed by atoms with van der Waals surface area (Å²) in [5.74, 6) is -0.683. The first kappa shape index (κ1) is 13.5. The molecule has 1 fully saturated rings. The molecule has 2 unspecified atom stereocenters. The largest absolute Gasteiger partial charge is 0.480 e. The van der Waals surface area contributed by atoms with Crippen molar-refractivity contribution in [3.8, 4) is 0 Å². The van der Waals surface area contributed by atoms with E-state index in [1.807, 2.05) is 0 Å². The molecule has 16 heavy (non-hydrogen) atoms. The first-order valence-electron chi connectivity index (χ1n) is 6.21. The molecule has 0 radical (unpaired) electrons. The second-order valence-corrected chi connectivity index (χ2v) is 5.03. The van der Waals surface area contributed by atoms with Crippen LogP contribution < -0.4 is 5.73 Å². The summed E-state index contributed by atoms with van der Waals surface area (Å²) in [4.78, 5) is 13.4. The molecule has 1 aliphatic carbocycles. The van der Waals surface area contributed by atoms with Crippen molar-refractivity contribution in [3.05, 3.63) is 0 Å². The lowest BCUT2D eigenvalue weighted by Crippen LogP contribution is -2.51. The molecule has 0 aliphatic heterocycles. The van der Waals surface area contributed by atoms with Gasteiger partial charge in [-0.05, 0) is 51.7 Å². The summed E-state index contributed by atoms with van der Waals surface area (Å²) in [6, 6.07) is 0. The summed E-state index contributed by atoms with van der Waals surface area (Å²) in [5.41, 5.74) is 5.02. The third kappa shape index (κ3) is 2.95. The zero-order valence-electron chi connectivity index (χ0n) is 10.4. The average molecular weight is 228 g/mol. The molecule has 4 heteroatoms. The van der Waals surface area contributed by atoms with Gasteiger partial charge in [0.2, 0.25) is 0 Å². The maximum atomic E-state index is 11.2. The van der Waals surface area contributed by atoms with Crippen molar-refractivity contribution < 1.29 is 9.90 Å². The molecule has 94 valence electrons. The Kier molecular flexibility index (Phi) is 4.74. The van der Waals surface area contributed by atoms with Crippen LogP contribution in [0.4, 0.5) is 0 Å². The highest BCUT2D eigenvalue weighted by atomic mass is 16.4. The Morgan fingerprint density at radius 3 is 2.81 bits per heavy atom. The summed E-state index contributed by atoms with van der Waals surface area (Å²) >= 11 is 0. The van der Waals surface area contributed by atoms with Gasteiger partial charge in [-0.1, -0.05) is 13.3 Å². The van der Waals surface area contributed by atoms with Gasteiger partial charge < -0.3 is 15.7 Å². The number of carboxylic acids is 1. The average Bonchev–Trinajstić information content (AvgIpc) is 2.59. The molecule has 1 rings (SSSR count). The maximum Gasteiger partial charge on any atom is 0.323 e. The second kappa shape index (κ2) is 5.64. The van der Waals surface area contributed by atoms with E-state index in [2.05, 4.69) is 18.9 Å². The van der Waals surface area contributed by atoms with Crippen molar-refractivity contribution in [2.24, 2.45) is 11.7 Å². The molecule has 3 N–H and O–H groups in total. The van der Waals surface area contributed by atoms with Gasteiger partial charge in [0.05, 0.1) is 0 Å². The van der Waals surface area contributed by atoms with Crippen molar-refractivity contribution >= 4 is 5.97 Å². The topological polar surface area (TPSA) is 66.6 Å².